The number of carbonyl (C=O) groups excluding carboxylic acids is 2. The first-order chi connectivity index (χ1) is 16.3. The number of piperidine rings is 1. The standard InChI is InChI=1S/C23H22BrN3O5S2/c24-18-6-4-5-17(13-18)20-15-33-23(25-20)26-21(28)14-32-22(29)16-7-9-19(10-8-16)34(30,31)27-11-2-1-3-12-27/h4-10,13,15H,1-3,11-12,14H2,(H,25,26,28). The molecule has 0 bridgehead atoms. The highest BCUT2D eigenvalue weighted by atomic mass is 79.9. The van der Waals surface area contributed by atoms with Crippen LogP contribution in [0.25, 0.3) is 11.3 Å². The van der Waals surface area contributed by atoms with Crippen LogP contribution in [0.4, 0.5) is 5.13 Å². The average Bonchev–Trinajstić information content (AvgIpc) is 3.31. The van der Waals surface area contributed by atoms with Crippen molar-refractivity contribution >= 4 is 54.3 Å². The minimum absolute atomic E-state index is 0.133. The summed E-state index contributed by atoms with van der Waals surface area (Å²) in [6.07, 6.45) is 2.72. The van der Waals surface area contributed by atoms with Crippen LogP contribution >= 0.6 is 27.3 Å². The van der Waals surface area contributed by atoms with Crippen molar-refractivity contribution in [1.29, 1.82) is 0 Å². The van der Waals surface area contributed by atoms with Gasteiger partial charge in [0.15, 0.2) is 11.7 Å². The monoisotopic (exact) mass is 563 g/mol. The molecule has 0 spiro atoms. The van der Waals surface area contributed by atoms with E-state index in [2.05, 4.69) is 26.2 Å². The summed E-state index contributed by atoms with van der Waals surface area (Å²) in [6, 6.07) is 13.2. The molecule has 2 heterocycles. The maximum absolute atomic E-state index is 12.7. The SMILES string of the molecule is O=C(COC(=O)c1ccc(S(=O)(=O)N2CCCCC2)cc1)Nc1nc(-c2cccc(Br)c2)cs1. The smallest absolute Gasteiger partial charge is 0.338 e. The van der Waals surface area contributed by atoms with Gasteiger partial charge in [-0.3, -0.25) is 10.1 Å². The summed E-state index contributed by atoms with van der Waals surface area (Å²) in [5, 5.41) is 4.83. The van der Waals surface area contributed by atoms with Gasteiger partial charge in [-0.05, 0) is 49.2 Å². The molecule has 0 unspecified atom stereocenters. The molecule has 1 saturated heterocycles. The van der Waals surface area contributed by atoms with Crippen LogP contribution < -0.4 is 5.32 Å². The second-order valence-electron chi connectivity index (χ2n) is 7.66. The lowest BCUT2D eigenvalue weighted by atomic mass is 10.2. The fourth-order valence-electron chi connectivity index (χ4n) is 3.50. The minimum atomic E-state index is -3.58. The number of sulfonamides is 1. The number of carbonyl (C=O) groups is 2. The molecule has 4 rings (SSSR count). The minimum Gasteiger partial charge on any atom is -0.452 e. The van der Waals surface area contributed by atoms with Crippen LogP contribution in [0, 0.1) is 0 Å². The molecule has 0 saturated carbocycles. The Bertz CT molecular complexity index is 1290. The first-order valence-corrected chi connectivity index (χ1v) is 13.7. The van der Waals surface area contributed by atoms with Crippen molar-refractivity contribution in [2.24, 2.45) is 0 Å². The predicted octanol–water partition coefficient (Wildman–Crippen LogP) is 4.54. The summed E-state index contributed by atoms with van der Waals surface area (Å²) in [6.45, 7) is 0.522. The Hall–Kier alpha value is -2.60. The van der Waals surface area contributed by atoms with Crippen molar-refractivity contribution in [3.63, 3.8) is 0 Å². The quantitative estimate of drug-likeness (QED) is 0.423. The van der Waals surface area contributed by atoms with E-state index in [0.29, 0.717) is 18.2 Å². The molecule has 178 valence electrons. The number of aromatic nitrogens is 1. The van der Waals surface area contributed by atoms with Crippen molar-refractivity contribution in [2.75, 3.05) is 25.0 Å². The van der Waals surface area contributed by atoms with Crippen LogP contribution in [0.5, 0.6) is 0 Å². The van der Waals surface area contributed by atoms with Gasteiger partial charge in [-0.2, -0.15) is 4.31 Å². The van der Waals surface area contributed by atoms with Crippen molar-refractivity contribution < 1.29 is 22.7 Å². The predicted molar refractivity (Wildman–Crippen MR) is 133 cm³/mol. The van der Waals surface area contributed by atoms with Crippen LogP contribution in [0.15, 0.2) is 63.3 Å². The zero-order chi connectivity index (χ0) is 24.1. The number of hydrogen-bond acceptors (Lipinski definition) is 7. The van der Waals surface area contributed by atoms with Gasteiger partial charge in [0.25, 0.3) is 5.91 Å². The molecule has 0 atom stereocenters. The molecule has 1 amide bonds. The number of nitrogens with zero attached hydrogens (tertiary/aromatic N) is 2. The average molecular weight is 564 g/mol. The molecule has 0 aliphatic carbocycles. The van der Waals surface area contributed by atoms with Gasteiger partial charge in [-0.1, -0.05) is 34.5 Å². The number of hydrogen-bond donors (Lipinski definition) is 1. The van der Waals surface area contributed by atoms with Gasteiger partial charge in [0, 0.05) is 28.5 Å². The van der Waals surface area contributed by atoms with Gasteiger partial charge in [-0.25, -0.2) is 18.2 Å². The number of benzene rings is 2. The first-order valence-electron chi connectivity index (χ1n) is 10.6. The fraction of sp³-hybridized carbons (Fsp3) is 0.261. The molecule has 1 fully saturated rings. The third-order valence-electron chi connectivity index (χ3n) is 5.25. The largest absolute Gasteiger partial charge is 0.452 e. The summed E-state index contributed by atoms with van der Waals surface area (Å²) in [5.41, 5.74) is 1.79. The highest BCUT2D eigenvalue weighted by Crippen LogP contribution is 2.27. The highest BCUT2D eigenvalue weighted by molar-refractivity contribution is 9.10. The number of amides is 1. The van der Waals surface area contributed by atoms with Gasteiger partial charge in [0.1, 0.15) is 0 Å². The van der Waals surface area contributed by atoms with Crippen LogP contribution in [0.1, 0.15) is 29.6 Å². The maximum Gasteiger partial charge on any atom is 0.338 e. The number of thiazole rings is 1. The number of rotatable bonds is 7. The summed E-state index contributed by atoms with van der Waals surface area (Å²) >= 11 is 4.68. The lowest BCUT2D eigenvalue weighted by molar-refractivity contribution is -0.119. The normalized spacial score (nSPS) is 14.5. The van der Waals surface area contributed by atoms with Crippen LogP contribution in [-0.4, -0.2) is 49.3 Å². The van der Waals surface area contributed by atoms with Gasteiger partial charge in [0.2, 0.25) is 10.0 Å². The lowest BCUT2D eigenvalue weighted by Gasteiger charge is -2.25. The molecule has 34 heavy (non-hydrogen) atoms. The van der Waals surface area contributed by atoms with Crippen molar-refractivity contribution in [3.8, 4) is 11.3 Å². The summed E-state index contributed by atoms with van der Waals surface area (Å²) < 4.78 is 32.9. The van der Waals surface area contributed by atoms with Crippen molar-refractivity contribution in [3.05, 3.63) is 63.9 Å². The summed E-state index contributed by atoms with van der Waals surface area (Å²) in [5.74, 6) is -1.24. The molecule has 1 aromatic heterocycles. The Labute approximate surface area is 210 Å². The van der Waals surface area contributed by atoms with E-state index in [9.17, 15) is 18.0 Å². The van der Waals surface area contributed by atoms with Gasteiger partial charge >= 0.3 is 5.97 Å². The molecule has 1 aliphatic heterocycles. The molecule has 3 aromatic rings. The van der Waals surface area contributed by atoms with Crippen LogP contribution in [0.3, 0.4) is 0 Å². The zero-order valence-corrected chi connectivity index (χ0v) is 21.3. The van der Waals surface area contributed by atoms with E-state index in [4.69, 9.17) is 4.74 Å². The van der Waals surface area contributed by atoms with Crippen molar-refractivity contribution in [2.45, 2.75) is 24.2 Å². The number of anilines is 1. The molecule has 1 N–H and O–H groups in total. The van der Waals surface area contributed by atoms with Gasteiger partial charge < -0.3 is 4.74 Å². The van der Waals surface area contributed by atoms with E-state index in [0.717, 1.165) is 35.0 Å². The second-order valence-corrected chi connectivity index (χ2v) is 11.4. The van der Waals surface area contributed by atoms with E-state index in [1.165, 1.54) is 39.9 Å². The van der Waals surface area contributed by atoms with E-state index < -0.39 is 28.5 Å². The van der Waals surface area contributed by atoms with E-state index in [1.807, 2.05) is 29.6 Å². The number of halogens is 1. The number of nitrogens with one attached hydrogen (secondary N) is 1. The van der Waals surface area contributed by atoms with Crippen molar-refractivity contribution in [1.82, 2.24) is 9.29 Å². The number of esters is 1. The second kappa shape index (κ2) is 10.8. The Morgan fingerprint density at radius 1 is 1.09 bits per heavy atom. The maximum atomic E-state index is 12.7. The molecule has 11 heteroatoms. The molecular formula is C23H22BrN3O5S2. The molecule has 1 aliphatic rings. The first kappa shape index (κ1) is 24.5. The lowest BCUT2D eigenvalue weighted by Crippen LogP contribution is -2.35. The molecule has 2 aromatic carbocycles. The molecule has 0 radical (unpaired) electrons. The van der Waals surface area contributed by atoms with Crippen LogP contribution in [-0.2, 0) is 19.6 Å². The van der Waals surface area contributed by atoms with E-state index in [1.54, 1.807) is 0 Å². The van der Waals surface area contributed by atoms with E-state index in [-0.39, 0.29) is 10.5 Å². The Morgan fingerprint density at radius 3 is 2.53 bits per heavy atom. The summed E-state index contributed by atoms with van der Waals surface area (Å²) in [4.78, 5) is 29.0. The Balaban J connectivity index is 1.31. The van der Waals surface area contributed by atoms with Gasteiger partial charge in [0.05, 0.1) is 16.2 Å². The third-order valence-corrected chi connectivity index (χ3v) is 8.41. The van der Waals surface area contributed by atoms with E-state index >= 15 is 0 Å². The Kier molecular flexibility index (Phi) is 7.77. The van der Waals surface area contributed by atoms with Gasteiger partial charge in [-0.15, -0.1) is 11.3 Å². The fourth-order valence-corrected chi connectivity index (χ4v) is 6.15. The molecule has 8 nitrogen and oxygen atoms in total. The van der Waals surface area contributed by atoms with Crippen LogP contribution in [0.2, 0.25) is 0 Å². The highest BCUT2D eigenvalue weighted by Gasteiger charge is 2.26. The Morgan fingerprint density at radius 2 is 1.82 bits per heavy atom. The topological polar surface area (TPSA) is 106 Å². The summed E-state index contributed by atoms with van der Waals surface area (Å²) in [7, 11) is -3.58. The molecular weight excluding hydrogens is 542 g/mol. The zero-order valence-electron chi connectivity index (χ0n) is 18.1. The third kappa shape index (κ3) is 5.90. The number of ether oxygens (including phenoxy) is 1.